The van der Waals surface area contributed by atoms with Crippen molar-refractivity contribution in [3.63, 3.8) is 0 Å². The van der Waals surface area contributed by atoms with Gasteiger partial charge in [-0.2, -0.15) is 8.42 Å². The number of hydrogen-bond acceptors (Lipinski definition) is 9. The van der Waals surface area contributed by atoms with Crippen LogP contribution in [0.25, 0.3) is 0 Å². The zero-order valence-corrected chi connectivity index (χ0v) is 22.6. The fraction of sp³-hybridized carbons (Fsp3) is 0.370. The van der Waals surface area contributed by atoms with E-state index in [1.54, 1.807) is 24.3 Å². The maximum atomic E-state index is 13.3. The van der Waals surface area contributed by atoms with Crippen molar-refractivity contribution in [2.45, 2.75) is 51.1 Å². The van der Waals surface area contributed by atoms with Gasteiger partial charge in [-0.15, -0.1) is 0 Å². The third-order valence-corrected chi connectivity index (χ3v) is 6.94. The van der Waals surface area contributed by atoms with Crippen molar-refractivity contribution < 1.29 is 31.6 Å². The zero-order chi connectivity index (χ0) is 28.2. The van der Waals surface area contributed by atoms with Crippen LogP contribution in [0.3, 0.4) is 0 Å². The number of aromatic amines is 1. The smallest absolute Gasteiger partial charge is 0.330 e. The number of hydrogen-bond donors (Lipinski definition) is 1. The Bertz CT molecular complexity index is 1520. The number of carbonyl (C=O) groups is 1. The van der Waals surface area contributed by atoms with E-state index in [1.165, 1.54) is 20.0 Å². The molecule has 0 spiro atoms. The quantitative estimate of drug-likeness (QED) is 0.349. The number of nitrogens with zero attached hydrogens (tertiary/aromatic N) is 1. The predicted molar refractivity (Wildman–Crippen MR) is 140 cm³/mol. The van der Waals surface area contributed by atoms with Crippen molar-refractivity contribution in [2.75, 3.05) is 12.9 Å². The third kappa shape index (κ3) is 6.60. The Labute approximate surface area is 225 Å². The number of ketones is 1. The second-order valence-corrected chi connectivity index (χ2v) is 11.0. The molecule has 2 heterocycles. The first kappa shape index (κ1) is 28.6. The number of nitrogens with one attached hydrogen (secondary N) is 1. The summed E-state index contributed by atoms with van der Waals surface area (Å²) >= 11 is 0. The van der Waals surface area contributed by atoms with Crippen molar-refractivity contribution in [1.29, 1.82) is 0 Å². The van der Waals surface area contributed by atoms with E-state index >= 15 is 0 Å². The van der Waals surface area contributed by atoms with Crippen LogP contribution in [0.15, 0.2) is 76.4 Å². The summed E-state index contributed by atoms with van der Waals surface area (Å²) in [5.74, 6) is -0.521. The van der Waals surface area contributed by atoms with Crippen molar-refractivity contribution in [3.8, 4) is 0 Å². The molecule has 1 aliphatic heterocycles. The lowest BCUT2D eigenvalue weighted by Gasteiger charge is -2.32. The summed E-state index contributed by atoms with van der Waals surface area (Å²) in [5, 5.41) is 0. The van der Waals surface area contributed by atoms with E-state index in [9.17, 15) is 22.8 Å². The standard InChI is InChI=1S/C27H30N2O9S/c1-18-14-29(26(32)28-24(18)31)25-22(38-39(3,33)34)23(36-16-21-12-8-5-9-13-21)27(37-25,19(2)30)17-35-15-20-10-6-4-7-11-20/h4-14,22-23,25H,15-17H2,1-3H3,(H,28,31,32)/t22-,23+,25-,27+/m1/s1. The van der Waals surface area contributed by atoms with Gasteiger partial charge in [-0.05, 0) is 25.0 Å². The first-order valence-corrected chi connectivity index (χ1v) is 14.0. The van der Waals surface area contributed by atoms with Gasteiger partial charge in [-0.3, -0.25) is 23.3 Å². The molecule has 0 bridgehead atoms. The normalized spacial score (nSPS) is 23.1. The third-order valence-electron chi connectivity index (χ3n) is 6.37. The Morgan fingerprint density at radius 2 is 1.62 bits per heavy atom. The Hall–Kier alpha value is -3.42. The van der Waals surface area contributed by atoms with Crippen molar-refractivity contribution >= 4 is 15.9 Å². The van der Waals surface area contributed by atoms with Gasteiger partial charge in [-0.1, -0.05) is 60.7 Å². The molecule has 39 heavy (non-hydrogen) atoms. The topological polar surface area (TPSA) is 143 Å². The summed E-state index contributed by atoms with van der Waals surface area (Å²) in [6.45, 7) is 2.53. The molecule has 4 atom stereocenters. The van der Waals surface area contributed by atoms with Crippen LogP contribution in [0.2, 0.25) is 0 Å². The summed E-state index contributed by atoms with van der Waals surface area (Å²) in [6.07, 6.45) is -2.17. The number of benzene rings is 2. The van der Waals surface area contributed by atoms with Gasteiger partial charge in [0.25, 0.3) is 15.7 Å². The highest BCUT2D eigenvalue weighted by molar-refractivity contribution is 7.86. The summed E-state index contributed by atoms with van der Waals surface area (Å²) in [7, 11) is -4.13. The monoisotopic (exact) mass is 558 g/mol. The molecule has 0 saturated carbocycles. The second-order valence-electron chi connectivity index (χ2n) is 9.39. The van der Waals surface area contributed by atoms with Crippen LogP contribution in [-0.4, -0.2) is 54.4 Å². The number of H-pyrrole nitrogens is 1. The minimum absolute atomic E-state index is 0.0154. The summed E-state index contributed by atoms with van der Waals surface area (Å²) in [4.78, 5) is 40.3. The number of Topliss-reactive ketones (excluding diaryl/α,β-unsaturated/α-hetero) is 1. The van der Waals surface area contributed by atoms with Gasteiger partial charge >= 0.3 is 5.69 Å². The van der Waals surface area contributed by atoms with Gasteiger partial charge in [0.1, 0.15) is 6.10 Å². The zero-order valence-electron chi connectivity index (χ0n) is 21.7. The molecule has 4 rings (SSSR count). The van der Waals surface area contributed by atoms with Crippen LogP contribution < -0.4 is 11.2 Å². The van der Waals surface area contributed by atoms with E-state index in [1.807, 2.05) is 36.4 Å². The number of rotatable bonds is 11. The molecule has 0 radical (unpaired) electrons. The highest BCUT2D eigenvalue weighted by Gasteiger charge is 2.61. The minimum Gasteiger partial charge on any atom is -0.373 e. The SMILES string of the molecule is CC(=O)[C@]1(COCc2ccccc2)O[C@@H](n2cc(C)c(=O)[nH]c2=O)[C@H](OS(C)(=O)=O)[C@@H]1OCc1ccccc1. The van der Waals surface area contributed by atoms with E-state index in [0.29, 0.717) is 0 Å². The second kappa shape index (κ2) is 11.8. The van der Waals surface area contributed by atoms with E-state index in [4.69, 9.17) is 18.4 Å². The molecule has 12 heteroatoms. The van der Waals surface area contributed by atoms with Gasteiger partial charge in [0.15, 0.2) is 23.7 Å². The van der Waals surface area contributed by atoms with Crippen LogP contribution in [0.5, 0.6) is 0 Å². The molecule has 1 aliphatic rings. The lowest BCUT2D eigenvalue weighted by Crippen LogP contribution is -2.54. The average molecular weight is 559 g/mol. The van der Waals surface area contributed by atoms with Crippen molar-refractivity contribution in [1.82, 2.24) is 9.55 Å². The molecule has 2 aromatic carbocycles. The number of ether oxygens (including phenoxy) is 3. The Morgan fingerprint density at radius 1 is 1.03 bits per heavy atom. The van der Waals surface area contributed by atoms with E-state index in [-0.39, 0.29) is 25.4 Å². The summed E-state index contributed by atoms with van der Waals surface area (Å²) in [6, 6.07) is 18.3. The summed E-state index contributed by atoms with van der Waals surface area (Å²) in [5.41, 5.74) is -1.59. The van der Waals surface area contributed by atoms with Gasteiger partial charge < -0.3 is 14.2 Å². The molecule has 0 unspecified atom stereocenters. The van der Waals surface area contributed by atoms with Gasteiger partial charge in [0.2, 0.25) is 0 Å². The van der Waals surface area contributed by atoms with Crippen LogP contribution in [0.4, 0.5) is 0 Å². The van der Waals surface area contributed by atoms with E-state index < -0.39 is 51.2 Å². The first-order valence-electron chi connectivity index (χ1n) is 12.2. The predicted octanol–water partition coefficient (Wildman–Crippen LogP) is 1.85. The van der Waals surface area contributed by atoms with E-state index in [2.05, 4.69) is 4.98 Å². The molecule has 11 nitrogen and oxygen atoms in total. The minimum atomic E-state index is -4.13. The maximum Gasteiger partial charge on any atom is 0.330 e. The molecule has 1 N–H and O–H groups in total. The van der Waals surface area contributed by atoms with Gasteiger partial charge in [0, 0.05) is 11.8 Å². The highest BCUT2D eigenvalue weighted by atomic mass is 32.2. The highest BCUT2D eigenvalue weighted by Crippen LogP contribution is 2.42. The Morgan fingerprint density at radius 3 is 2.18 bits per heavy atom. The number of carbonyl (C=O) groups excluding carboxylic acids is 1. The molecule has 0 aliphatic carbocycles. The number of aromatic nitrogens is 2. The van der Waals surface area contributed by atoms with Crippen molar-refractivity contribution in [3.05, 3.63) is 104 Å². The van der Waals surface area contributed by atoms with Crippen LogP contribution >= 0.6 is 0 Å². The lowest BCUT2D eigenvalue weighted by molar-refractivity contribution is -0.174. The maximum absolute atomic E-state index is 13.3. The lowest BCUT2D eigenvalue weighted by atomic mass is 9.91. The molecule has 208 valence electrons. The molecule has 0 amide bonds. The van der Waals surface area contributed by atoms with Crippen LogP contribution in [0.1, 0.15) is 29.8 Å². The van der Waals surface area contributed by atoms with Gasteiger partial charge in [-0.25, -0.2) is 4.79 Å². The summed E-state index contributed by atoms with van der Waals surface area (Å²) < 4.78 is 49.5. The Balaban J connectivity index is 1.78. The van der Waals surface area contributed by atoms with Crippen molar-refractivity contribution in [2.24, 2.45) is 0 Å². The Kier molecular flexibility index (Phi) is 8.62. The molecule has 1 saturated heterocycles. The first-order chi connectivity index (χ1) is 18.5. The molecular weight excluding hydrogens is 528 g/mol. The molecule has 1 aromatic heterocycles. The van der Waals surface area contributed by atoms with Crippen LogP contribution in [0, 0.1) is 6.92 Å². The van der Waals surface area contributed by atoms with E-state index in [0.717, 1.165) is 21.9 Å². The number of aryl methyl sites for hydroxylation is 1. The largest absolute Gasteiger partial charge is 0.373 e. The fourth-order valence-corrected chi connectivity index (χ4v) is 5.04. The molecular formula is C27H30N2O9S. The molecule has 3 aromatic rings. The van der Waals surface area contributed by atoms with Gasteiger partial charge in [0.05, 0.1) is 26.1 Å². The van der Waals surface area contributed by atoms with Crippen LogP contribution in [-0.2, 0) is 46.5 Å². The average Bonchev–Trinajstić information content (AvgIpc) is 3.18. The molecule has 1 fully saturated rings. The fourth-order valence-electron chi connectivity index (χ4n) is 4.44.